The predicted octanol–water partition coefficient (Wildman–Crippen LogP) is 3.25. The molecule has 160 valence electrons. The topological polar surface area (TPSA) is 114 Å². The minimum absolute atomic E-state index is 0.00907. The van der Waals surface area contributed by atoms with Crippen LogP contribution in [0.1, 0.15) is 12.0 Å². The van der Waals surface area contributed by atoms with Crippen LogP contribution in [0.5, 0.6) is 0 Å². The van der Waals surface area contributed by atoms with Crippen LogP contribution in [0.25, 0.3) is 10.9 Å². The summed E-state index contributed by atoms with van der Waals surface area (Å²) in [6.07, 6.45) is -2.23. The summed E-state index contributed by atoms with van der Waals surface area (Å²) < 4.78 is 20.1. The van der Waals surface area contributed by atoms with Crippen molar-refractivity contribution in [2.75, 3.05) is 11.9 Å². The van der Waals surface area contributed by atoms with Crippen molar-refractivity contribution in [3.8, 4) is 0 Å². The molecule has 1 fully saturated rings. The largest absolute Gasteiger partial charge is 0.463 e. The van der Waals surface area contributed by atoms with E-state index < -0.39 is 30.3 Å². The second kappa shape index (κ2) is 8.42. The van der Waals surface area contributed by atoms with Crippen molar-refractivity contribution in [3.63, 3.8) is 0 Å². The van der Waals surface area contributed by atoms with E-state index in [2.05, 4.69) is 10.4 Å². The molecule has 0 radical (unpaired) electrons. The molecular weight excluding hydrogens is 407 g/mol. The van der Waals surface area contributed by atoms with Crippen LogP contribution in [0.3, 0.4) is 0 Å². The third kappa shape index (κ3) is 4.18. The molecule has 2 amide bonds. The molecule has 31 heavy (non-hydrogen) atoms. The number of halogens is 1. The van der Waals surface area contributed by atoms with Crippen molar-refractivity contribution in [3.05, 3.63) is 60.3 Å². The van der Waals surface area contributed by atoms with Gasteiger partial charge in [-0.3, -0.25) is 9.69 Å². The van der Waals surface area contributed by atoms with Gasteiger partial charge in [0.05, 0.1) is 23.9 Å². The lowest BCUT2D eigenvalue weighted by Gasteiger charge is -2.23. The van der Waals surface area contributed by atoms with Gasteiger partial charge in [-0.25, -0.2) is 14.0 Å². The van der Waals surface area contributed by atoms with Gasteiger partial charge in [0.1, 0.15) is 18.8 Å². The molecule has 3 aromatic rings. The van der Waals surface area contributed by atoms with Gasteiger partial charge >= 0.3 is 12.2 Å². The molecule has 0 unspecified atom stereocenters. The number of fused-ring (bicyclic) bond motifs is 1. The zero-order valence-corrected chi connectivity index (χ0v) is 16.3. The Balaban J connectivity index is 1.48. The summed E-state index contributed by atoms with van der Waals surface area (Å²) in [6, 6.07) is 12.7. The molecule has 2 atom stereocenters. The molecule has 0 saturated carbocycles. The molecule has 4 rings (SSSR count). The second-order valence-corrected chi connectivity index (χ2v) is 7.11. The number of aromatic nitrogens is 2. The van der Waals surface area contributed by atoms with Crippen molar-refractivity contribution in [1.29, 1.82) is 0 Å². The number of ether oxygens (including phenoxy) is 1. The Morgan fingerprint density at radius 2 is 1.94 bits per heavy atom. The Labute approximate surface area is 176 Å². The average molecular weight is 426 g/mol. The maximum Gasteiger partial charge on any atom is 0.432 e. The lowest BCUT2D eigenvalue weighted by molar-refractivity contribution is -0.120. The van der Waals surface area contributed by atoms with Crippen LogP contribution < -0.4 is 5.32 Å². The summed E-state index contributed by atoms with van der Waals surface area (Å²) in [5.41, 5.74) is 1.38. The standard InChI is InChI=1S/C21H19FN4O5/c22-14-9-18(25(11-14)21(30)31-12-13-5-2-1-3-6-13)19(27)24-16-7-4-8-17-15(16)10-23-26(17)20(28)29/h1-8,10,14,18H,9,11-12H2,(H,24,27)(H,28,29)/t14-,18-/m1/s1. The normalized spacial score (nSPS) is 18.2. The Morgan fingerprint density at radius 3 is 2.68 bits per heavy atom. The summed E-state index contributed by atoms with van der Waals surface area (Å²) >= 11 is 0. The van der Waals surface area contributed by atoms with E-state index in [1.165, 1.54) is 6.20 Å². The molecule has 1 saturated heterocycles. The fraction of sp³-hybridized carbons (Fsp3) is 0.238. The first-order chi connectivity index (χ1) is 14.9. The van der Waals surface area contributed by atoms with Crippen molar-refractivity contribution in [2.45, 2.75) is 25.2 Å². The van der Waals surface area contributed by atoms with Gasteiger partial charge in [-0.05, 0) is 17.7 Å². The van der Waals surface area contributed by atoms with E-state index in [1.807, 2.05) is 6.07 Å². The number of likely N-dealkylation sites (tertiary alicyclic amines) is 1. The van der Waals surface area contributed by atoms with E-state index in [1.54, 1.807) is 42.5 Å². The lowest BCUT2D eigenvalue weighted by atomic mass is 10.1. The van der Waals surface area contributed by atoms with Crippen LogP contribution in [0.4, 0.5) is 19.7 Å². The van der Waals surface area contributed by atoms with Crippen molar-refractivity contribution < 1.29 is 28.6 Å². The molecule has 10 heteroatoms. The van der Waals surface area contributed by atoms with Crippen LogP contribution in [0.2, 0.25) is 0 Å². The van der Waals surface area contributed by atoms with E-state index >= 15 is 0 Å². The Bertz CT molecular complexity index is 1130. The number of alkyl halides is 1. The number of benzene rings is 2. The number of carbonyl (C=O) groups excluding carboxylic acids is 2. The SMILES string of the molecule is O=C(Nc1cccc2c1cnn2C(=O)O)[C@H]1C[C@@H](F)CN1C(=O)OCc1ccccc1. The highest BCUT2D eigenvalue weighted by atomic mass is 19.1. The number of hydrogen-bond donors (Lipinski definition) is 2. The summed E-state index contributed by atoms with van der Waals surface area (Å²) in [4.78, 5) is 37.7. The van der Waals surface area contributed by atoms with Crippen LogP contribution in [0.15, 0.2) is 54.7 Å². The van der Waals surface area contributed by atoms with Gasteiger partial charge in [-0.2, -0.15) is 9.78 Å². The fourth-order valence-electron chi connectivity index (χ4n) is 3.57. The molecule has 1 aromatic heterocycles. The molecule has 9 nitrogen and oxygen atoms in total. The van der Waals surface area contributed by atoms with Gasteiger partial charge < -0.3 is 15.2 Å². The smallest absolute Gasteiger partial charge is 0.432 e. The molecule has 0 bridgehead atoms. The highest BCUT2D eigenvalue weighted by Gasteiger charge is 2.41. The number of nitrogens with zero attached hydrogens (tertiary/aromatic N) is 3. The molecule has 0 spiro atoms. The van der Waals surface area contributed by atoms with Gasteiger partial charge in [0.15, 0.2) is 0 Å². The molecule has 2 heterocycles. The van der Waals surface area contributed by atoms with E-state index in [-0.39, 0.29) is 19.6 Å². The Kier molecular flexibility index (Phi) is 5.52. The summed E-state index contributed by atoms with van der Waals surface area (Å²) in [7, 11) is 0. The third-order valence-electron chi connectivity index (χ3n) is 5.04. The minimum atomic E-state index is -1.36. The highest BCUT2D eigenvalue weighted by Crippen LogP contribution is 2.26. The zero-order chi connectivity index (χ0) is 22.0. The first kappa shape index (κ1) is 20.3. The van der Waals surface area contributed by atoms with E-state index in [0.717, 1.165) is 15.1 Å². The van der Waals surface area contributed by atoms with Crippen LogP contribution in [0, 0.1) is 0 Å². The molecular formula is C21H19FN4O5. The first-order valence-electron chi connectivity index (χ1n) is 9.56. The summed E-state index contributed by atoms with van der Waals surface area (Å²) in [5.74, 6) is -0.590. The minimum Gasteiger partial charge on any atom is -0.463 e. The molecule has 1 aliphatic rings. The summed E-state index contributed by atoms with van der Waals surface area (Å²) in [5, 5.41) is 16.0. The van der Waals surface area contributed by atoms with Gasteiger partial charge in [-0.1, -0.05) is 36.4 Å². The predicted molar refractivity (Wildman–Crippen MR) is 108 cm³/mol. The van der Waals surface area contributed by atoms with Crippen molar-refractivity contribution in [2.24, 2.45) is 0 Å². The maximum atomic E-state index is 14.1. The van der Waals surface area contributed by atoms with Gasteiger partial charge in [0, 0.05) is 11.8 Å². The Hall–Kier alpha value is -3.95. The third-order valence-corrected chi connectivity index (χ3v) is 5.04. The molecule has 2 N–H and O–H groups in total. The van der Waals surface area contributed by atoms with E-state index in [4.69, 9.17) is 4.74 Å². The number of anilines is 1. The van der Waals surface area contributed by atoms with Crippen molar-refractivity contribution in [1.82, 2.24) is 14.7 Å². The average Bonchev–Trinajstić information content (AvgIpc) is 3.37. The van der Waals surface area contributed by atoms with E-state index in [0.29, 0.717) is 16.6 Å². The van der Waals surface area contributed by atoms with Gasteiger partial charge in [0.25, 0.3) is 0 Å². The number of rotatable bonds is 4. The number of amides is 2. The molecule has 1 aliphatic heterocycles. The molecule has 2 aromatic carbocycles. The summed E-state index contributed by atoms with van der Waals surface area (Å²) in [6.45, 7) is -0.234. The van der Waals surface area contributed by atoms with Crippen LogP contribution in [-0.4, -0.2) is 56.6 Å². The maximum absolute atomic E-state index is 14.1. The fourth-order valence-corrected chi connectivity index (χ4v) is 3.57. The monoisotopic (exact) mass is 426 g/mol. The number of carbonyl (C=O) groups is 3. The van der Waals surface area contributed by atoms with Crippen LogP contribution >= 0.6 is 0 Å². The lowest BCUT2D eigenvalue weighted by Crippen LogP contribution is -2.43. The number of carboxylic acid groups (broad SMARTS) is 1. The Morgan fingerprint density at radius 1 is 1.16 bits per heavy atom. The highest BCUT2D eigenvalue weighted by molar-refractivity contribution is 6.04. The molecule has 0 aliphatic carbocycles. The van der Waals surface area contributed by atoms with E-state index in [9.17, 15) is 23.9 Å². The second-order valence-electron chi connectivity index (χ2n) is 7.11. The first-order valence-corrected chi connectivity index (χ1v) is 9.56. The number of hydrogen-bond acceptors (Lipinski definition) is 5. The van der Waals surface area contributed by atoms with Crippen LogP contribution in [-0.2, 0) is 16.1 Å². The quantitative estimate of drug-likeness (QED) is 0.662. The van der Waals surface area contributed by atoms with Gasteiger partial charge in [0.2, 0.25) is 5.91 Å². The van der Waals surface area contributed by atoms with Crippen molar-refractivity contribution >= 4 is 34.7 Å². The number of nitrogens with one attached hydrogen (secondary N) is 1. The zero-order valence-electron chi connectivity index (χ0n) is 16.3. The van der Waals surface area contributed by atoms with Gasteiger partial charge in [-0.15, -0.1) is 0 Å².